The van der Waals surface area contributed by atoms with Gasteiger partial charge >= 0.3 is 11.9 Å². The zero-order valence-electron chi connectivity index (χ0n) is 8.70. The summed E-state index contributed by atoms with van der Waals surface area (Å²) in [7, 11) is 0. The van der Waals surface area contributed by atoms with E-state index >= 15 is 0 Å². The van der Waals surface area contributed by atoms with Crippen LogP contribution < -0.4 is 11.1 Å². The molecule has 6 nitrogen and oxygen atoms in total. The quantitative estimate of drug-likeness (QED) is 0.278. The van der Waals surface area contributed by atoms with Crippen molar-refractivity contribution < 1.29 is 19.1 Å². The maximum absolute atomic E-state index is 11.4. The first-order valence-corrected chi connectivity index (χ1v) is 4.56. The van der Waals surface area contributed by atoms with Gasteiger partial charge in [0.15, 0.2) is 5.57 Å². The van der Waals surface area contributed by atoms with Gasteiger partial charge in [-0.3, -0.25) is 0 Å². The molecule has 3 N–H and O–H groups in total. The number of rotatable bonds is 3. The Morgan fingerprint density at radius 1 is 1.33 bits per heavy atom. The lowest BCUT2D eigenvalue weighted by Gasteiger charge is -2.29. The van der Waals surface area contributed by atoms with Crippen LogP contribution in [0.4, 0.5) is 0 Å². The molecule has 1 aliphatic rings. The second-order valence-electron chi connectivity index (χ2n) is 3.48. The number of ether oxygens (including phenoxy) is 2. The third-order valence-corrected chi connectivity index (χ3v) is 1.65. The molecule has 1 aliphatic heterocycles. The summed E-state index contributed by atoms with van der Waals surface area (Å²) >= 11 is 0. The van der Waals surface area contributed by atoms with Crippen molar-refractivity contribution in [3.05, 3.63) is 11.8 Å². The van der Waals surface area contributed by atoms with Crippen LogP contribution in [0.1, 0.15) is 13.8 Å². The molecule has 0 bridgehead atoms. The van der Waals surface area contributed by atoms with Crippen LogP contribution in [-0.4, -0.2) is 30.8 Å². The number of nitrogens with two attached hydrogens (primary N) is 1. The normalized spacial score (nSPS) is 19.3. The third kappa shape index (κ3) is 2.95. The number of carbonyl (C=O) groups is 2. The Balaban J connectivity index is 2.71. The molecule has 0 spiro atoms. The van der Waals surface area contributed by atoms with Crippen molar-refractivity contribution in [3.63, 3.8) is 0 Å². The highest BCUT2D eigenvalue weighted by molar-refractivity contribution is 6.15. The Morgan fingerprint density at radius 3 is 2.33 bits per heavy atom. The molecule has 0 aliphatic carbocycles. The van der Waals surface area contributed by atoms with Crippen LogP contribution in [-0.2, 0) is 19.1 Å². The highest BCUT2D eigenvalue weighted by Crippen LogP contribution is 2.21. The molecule has 6 heteroatoms. The Kier molecular flexibility index (Phi) is 3.31. The van der Waals surface area contributed by atoms with Gasteiger partial charge in [-0.1, -0.05) is 0 Å². The number of carbonyl (C=O) groups excluding carboxylic acids is 2. The molecule has 0 saturated carbocycles. The van der Waals surface area contributed by atoms with E-state index in [4.69, 9.17) is 15.2 Å². The first-order chi connectivity index (χ1) is 6.96. The maximum Gasteiger partial charge on any atom is 0.350 e. The molecule has 0 aromatic rings. The Labute approximate surface area is 87.4 Å². The van der Waals surface area contributed by atoms with Gasteiger partial charge in [-0.25, -0.2) is 9.59 Å². The van der Waals surface area contributed by atoms with Gasteiger partial charge < -0.3 is 20.5 Å². The summed E-state index contributed by atoms with van der Waals surface area (Å²) in [5.74, 6) is -2.58. The predicted octanol–water partition coefficient (Wildman–Crippen LogP) is -0.745. The van der Waals surface area contributed by atoms with Crippen LogP contribution >= 0.6 is 0 Å². The summed E-state index contributed by atoms with van der Waals surface area (Å²) in [5.41, 5.74) is 5.08. The molecule has 1 fully saturated rings. The molecule has 1 rings (SSSR count). The van der Waals surface area contributed by atoms with Gasteiger partial charge in [0.1, 0.15) is 0 Å². The fraction of sp³-hybridized carbons (Fsp3) is 0.556. The number of nitrogens with one attached hydrogen (secondary N) is 1. The number of hydrogen-bond acceptors (Lipinski definition) is 6. The predicted molar refractivity (Wildman–Crippen MR) is 51.4 cm³/mol. The summed E-state index contributed by atoms with van der Waals surface area (Å²) in [6, 6.07) is 0. The first kappa shape index (κ1) is 11.5. The van der Waals surface area contributed by atoms with Crippen LogP contribution in [0.25, 0.3) is 0 Å². The highest BCUT2D eigenvalue weighted by atomic mass is 16.7. The molecule has 0 radical (unpaired) electrons. The average Bonchev–Trinajstić information content (AvgIpc) is 2.08. The maximum atomic E-state index is 11.4. The van der Waals surface area contributed by atoms with E-state index in [2.05, 4.69) is 5.32 Å². The van der Waals surface area contributed by atoms with E-state index in [-0.39, 0.29) is 5.57 Å². The van der Waals surface area contributed by atoms with E-state index in [1.807, 2.05) is 0 Å². The van der Waals surface area contributed by atoms with Gasteiger partial charge in [-0.15, -0.1) is 0 Å². The van der Waals surface area contributed by atoms with Crippen molar-refractivity contribution in [2.24, 2.45) is 5.73 Å². The van der Waals surface area contributed by atoms with Crippen molar-refractivity contribution >= 4 is 11.9 Å². The van der Waals surface area contributed by atoms with Gasteiger partial charge in [-0.2, -0.15) is 0 Å². The number of hydrogen-bond donors (Lipinski definition) is 2. The van der Waals surface area contributed by atoms with Crippen molar-refractivity contribution in [2.75, 3.05) is 13.1 Å². The second-order valence-corrected chi connectivity index (χ2v) is 3.48. The van der Waals surface area contributed by atoms with Gasteiger partial charge in [0.2, 0.25) is 0 Å². The second kappa shape index (κ2) is 4.31. The Bertz CT molecular complexity index is 287. The van der Waals surface area contributed by atoms with Crippen LogP contribution in [0.2, 0.25) is 0 Å². The largest absolute Gasteiger partial charge is 0.419 e. The fourth-order valence-electron chi connectivity index (χ4n) is 1.04. The van der Waals surface area contributed by atoms with Crippen LogP contribution in [0.15, 0.2) is 11.8 Å². The topological polar surface area (TPSA) is 90.6 Å². The number of esters is 2. The summed E-state index contributed by atoms with van der Waals surface area (Å²) in [5, 5.41) is 2.70. The molecule has 0 unspecified atom stereocenters. The molecule has 84 valence electrons. The highest BCUT2D eigenvalue weighted by Gasteiger charge is 2.38. The molecule has 1 heterocycles. The summed E-state index contributed by atoms with van der Waals surface area (Å²) in [6.07, 6.45) is 1.26. The minimum absolute atomic E-state index is 0.150. The van der Waals surface area contributed by atoms with Crippen molar-refractivity contribution in [2.45, 2.75) is 19.6 Å². The lowest BCUT2D eigenvalue weighted by Crippen LogP contribution is -2.42. The van der Waals surface area contributed by atoms with E-state index in [9.17, 15) is 9.59 Å². The van der Waals surface area contributed by atoms with Gasteiger partial charge in [0.25, 0.3) is 5.79 Å². The van der Waals surface area contributed by atoms with Gasteiger partial charge in [0.05, 0.1) is 0 Å². The summed E-state index contributed by atoms with van der Waals surface area (Å²) in [6.45, 7) is 3.85. The van der Waals surface area contributed by atoms with Crippen molar-refractivity contribution in [1.29, 1.82) is 0 Å². The van der Waals surface area contributed by atoms with Crippen molar-refractivity contribution in [3.8, 4) is 0 Å². The smallest absolute Gasteiger partial charge is 0.350 e. The van der Waals surface area contributed by atoms with Gasteiger partial charge in [-0.05, 0) is 0 Å². The summed E-state index contributed by atoms with van der Waals surface area (Å²) in [4.78, 5) is 22.7. The van der Waals surface area contributed by atoms with E-state index in [0.717, 1.165) is 0 Å². The standard InChI is InChI=1S/C9H14N2O4/c1-9(2)14-7(12)6(8(13)15-9)5-11-4-3-10/h5,11H,3-4,10H2,1-2H3. The molecule has 0 aromatic carbocycles. The zero-order chi connectivity index (χ0) is 11.5. The number of cyclic esters (lactones) is 2. The molecule has 0 atom stereocenters. The molecule has 1 saturated heterocycles. The van der Waals surface area contributed by atoms with Crippen LogP contribution in [0, 0.1) is 0 Å². The van der Waals surface area contributed by atoms with E-state index in [1.54, 1.807) is 0 Å². The van der Waals surface area contributed by atoms with Crippen LogP contribution in [0.5, 0.6) is 0 Å². The first-order valence-electron chi connectivity index (χ1n) is 4.56. The zero-order valence-corrected chi connectivity index (χ0v) is 8.70. The molecule has 0 amide bonds. The summed E-state index contributed by atoms with van der Waals surface area (Å²) < 4.78 is 9.73. The van der Waals surface area contributed by atoms with E-state index in [0.29, 0.717) is 13.1 Å². The molecular weight excluding hydrogens is 200 g/mol. The van der Waals surface area contributed by atoms with Gasteiger partial charge in [0, 0.05) is 33.1 Å². The van der Waals surface area contributed by atoms with E-state index in [1.165, 1.54) is 20.0 Å². The van der Waals surface area contributed by atoms with Crippen molar-refractivity contribution in [1.82, 2.24) is 5.32 Å². The van der Waals surface area contributed by atoms with Crippen LogP contribution in [0.3, 0.4) is 0 Å². The molecular formula is C9H14N2O4. The molecule has 15 heavy (non-hydrogen) atoms. The Morgan fingerprint density at radius 2 is 1.87 bits per heavy atom. The minimum atomic E-state index is -1.20. The third-order valence-electron chi connectivity index (χ3n) is 1.65. The lowest BCUT2D eigenvalue weighted by atomic mass is 10.2. The Hall–Kier alpha value is -1.56. The fourth-order valence-corrected chi connectivity index (χ4v) is 1.04. The SMILES string of the molecule is CC1(C)OC(=O)C(=CNCCN)C(=O)O1. The monoisotopic (exact) mass is 214 g/mol. The molecule has 0 aromatic heterocycles. The average molecular weight is 214 g/mol. The van der Waals surface area contributed by atoms with E-state index < -0.39 is 17.7 Å². The lowest BCUT2D eigenvalue weighted by molar-refractivity contribution is -0.222. The minimum Gasteiger partial charge on any atom is -0.419 e.